The number of nitrogens with one attached hydrogen (secondary N) is 2. The number of carbonyl (C=O) groups is 1. The maximum atomic E-state index is 12.0. The van der Waals surface area contributed by atoms with E-state index in [-0.39, 0.29) is 18.3 Å². The van der Waals surface area contributed by atoms with Crippen LogP contribution in [0.4, 0.5) is 0 Å². The van der Waals surface area contributed by atoms with Crippen molar-refractivity contribution in [3.8, 4) is 5.69 Å². The van der Waals surface area contributed by atoms with Gasteiger partial charge in [-0.25, -0.2) is 4.68 Å². The molecular weight excluding hydrogens is 368 g/mol. The van der Waals surface area contributed by atoms with Crippen LogP contribution in [0.2, 0.25) is 0 Å². The molecule has 2 N–H and O–H groups in total. The van der Waals surface area contributed by atoms with Crippen molar-refractivity contribution in [2.24, 2.45) is 0 Å². The van der Waals surface area contributed by atoms with E-state index in [0.29, 0.717) is 12.1 Å². The van der Waals surface area contributed by atoms with Crippen LogP contribution in [-0.4, -0.2) is 35.3 Å². The van der Waals surface area contributed by atoms with Gasteiger partial charge in [0.15, 0.2) is 0 Å². The Bertz CT molecular complexity index is 585. The maximum Gasteiger partial charge on any atom is 0.254 e. The minimum Gasteiger partial charge on any atom is -0.351 e. The van der Waals surface area contributed by atoms with E-state index in [1.54, 1.807) is 17.1 Å². The SMILES string of the molecule is CCCNCCNC(=O)c1cnn(-c2ccc(Br)cc2)c1.Cl. The van der Waals surface area contributed by atoms with Crippen molar-refractivity contribution in [2.75, 3.05) is 19.6 Å². The molecule has 1 amide bonds. The second kappa shape index (κ2) is 9.61. The molecule has 1 aromatic heterocycles. The highest BCUT2D eigenvalue weighted by atomic mass is 79.9. The average molecular weight is 388 g/mol. The van der Waals surface area contributed by atoms with Crippen LogP contribution in [0.25, 0.3) is 5.69 Å². The number of aromatic nitrogens is 2. The molecule has 0 aliphatic rings. The smallest absolute Gasteiger partial charge is 0.254 e. The van der Waals surface area contributed by atoms with Crippen LogP contribution < -0.4 is 10.6 Å². The summed E-state index contributed by atoms with van der Waals surface area (Å²) in [4.78, 5) is 12.0. The van der Waals surface area contributed by atoms with Gasteiger partial charge < -0.3 is 10.6 Å². The van der Waals surface area contributed by atoms with Crippen molar-refractivity contribution < 1.29 is 4.79 Å². The molecule has 7 heteroatoms. The minimum atomic E-state index is -0.100. The lowest BCUT2D eigenvalue weighted by molar-refractivity contribution is 0.0954. The predicted octanol–water partition coefficient (Wildman–Crippen LogP) is 2.79. The first-order valence-electron chi connectivity index (χ1n) is 7.00. The fourth-order valence-electron chi connectivity index (χ4n) is 1.84. The van der Waals surface area contributed by atoms with Gasteiger partial charge in [0.05, 0.1) is 17.4 Å². The zero-order valence-electron chi connectivity index (χ0n) is 12.4. The van der Waals surface area contributed by atoms with Crippen LogP contribution in [0.1, 0.15) is 23.7 Å². The van der Waals surface area contributed by atoms with Gasteiger partial charge in [0.2, 0.25) is 0 Å². The molecule has 22 heavy (non-hydrogen) atoms. The summed E-state index contributed by atoms with van der Waals surface area (Å²) in [7, 11) is 0. The number of nitrogens with zero attached hydrogens (tertiary/aromatic N) is 2. The zero-order valence-corrected chi connectivity index (χ0v) is 14.8. The summed E-state index contributed by atoms with van der Waals surface area (Å²) < 4.78 is 2.70. The molecule has 0 fully saturated rings. The van der Waals surface area contributed by atoms with Crippen molar-refractivity contribution in [2.45, 2.75) is 13.3 Å². The molecule has 1 heterocycles. The third-order valence-electron chi connectivity index (χ3n) is 2.95. The highest BCUT2D eigenvalue weighted by Crippen LogP contribution is 2.13. The summed E-state index contributed by atoms with van der Waals surface area (Å²) in [6, 6.07) is 7.76. The Hall–Kier alpha value is -1.37. The van der Waals surface area contributed by atoms with Crippen LogP contribution in [0.15, 0.2) is 41.1 Å². The largest absolute Gasteiger partial charge is 0.351 e. The normalized spacial score (nSPS) is 10.1. The standard InChI is InChI=1S/C15H19BrN4O.ClH/c1-2-7-17-8-9-18-15(21)12-10-19-20(11-12)14-5-3-13(16)4-6-14;/h3-6,10-11,17H,2,7-9H2,1H3,(H,18,21);1H. The van der Waals surface area contributed by atoms with E-state index in [1.165, 1.54) is 0 Å². The molecule has 0 radical (unpaired) electrons. The predicted molar refractivity (Wildman–Crippen MR) is 94.0 cm³/mol. The van der Waals surface area contributed by atoms with Gasteiger partial charge in [0.1, 0.15) is 0 Å². The molecule has 2 rings (SSSR count). The number of hydrogen-bond donors (Lipinski definition) is 2. The Morgan fingerprint density at radius 3 is 2.64 bits per heavy atom. The van der Waals surface area contributed by atoms with Gasteiger partial charge in [-0.05, 0) is 37.2 Å². The van der Waals surface area contributed by atoms with Crippen LogP contribution in [0, 0.1) is 0 Å². The minimum absolute atomic E-state index is 0. The molecule has 0 aliphatic heterocycles. The van der Waals surface area contributed by atoms with Gasteiger partial charge in [-0.1, -0.05) is 22.9 Å². The molecule has 0 saturated carbocycles. The topological polar surface area (TPSA) is 58.9 Å². The Balaban J connectivity index is 0.00000242. The van der Waals surface area contributed by atoms with Gasteiger partial charge in [-0.15, -0.1) is 12.4 Å². The number of hydrogen-bond acceptors (Lipinski definition) is 3. The molecule has 0 spiro atoms. The Morgan fingerprint density at radius 2 is 1.95 bits per heavy atom. The second-order valence-electron chi connectivity index (χ2n) is 4.66. The van der Waals surface area contributed by atoms with Crippen molar-refractivity contribution in [1.29, 1.82) is 0 Å². The molecule has 120 valence electrons. The van der Waals surface area contributed by atoms with E-state index in [2.05, 4.69) is 38.6 Å². The van der Waals surface area contributed by atoms with Crippen LogP contribution >= 0.6 is 28.3 Å². The first-order valence-corrected chi connectivity index (χ1v) is 7.79. The van der Waals surface area contributed by atoms with Gasteiger partial charge in [0, 0.05) is 23.8 Å². The van der Waals surface area contributed by atoms with Crippen LogP contribution in [0.5, 0.6) is 0 Å². The second-order valence-corrected chi connectivity index (χ2v) is 5.57. The number of benzene rings is 1. The fourth-order valence-corrected chi connectivity index (χ4v) is 2.11. The highest BCUT2D eigenvalue weighted by molar-refractivity contribution is 9.10. The van der Waals surface area contributed by atoms with Crippen LogP contribution in [0.3, 0.4) is 0 Å². The molecule has 5 nitrogen and oxygen atoms in total. The third kappa shape index (κ3) is 5.44. The lowest BCUT2D eigenvalue weighted by atomic mass is 10.3. The van der Waals surface area contributed by atoms with Crippen molar-refractivity contribution in [3.63, 3.8) is 0 Å². The highest BCUT2D eigenvalue weighted by Gasteiger charge is 2.08. The lowest BCUT2D eigenvalue weighted by Gasteiger charge is -2.04. The van der Waals surface area contributed by atoms with Crippen molar-refractivity contribution in [3.05, 3.63) is 46.7 Å². The van der Waals surface area contributed by atoms with E-state index in [1.807, 2.05) is 24.3 Å². The number of rotatable bonds is 7. The molecule has 0 atom stereocenters. The van der Waals surface area contributed by atoms with E-state index >= 15 is 0 Å². The maximum absolute atomic E-state index is 12.0. The fraction of sp³-hybridized carbons (Fsp3) is 0.333. The molecule has 0 aliphatic carbocycles. The molecule has 0 saturated heterocycles. The summed E-state index contributed by atoms with van der Waals surface area (Å²) in [6.07, 6.45) is 4.41. The first kappa shape index (κ1) is 18.7. The molecule has 0 unspecified atom stereocenters. The Morgan fingerprint density at radius 1 is 1.23 bits per heavy atom. The average Bonchev–Trinajstić information content (AvgIpc) is 2.97. The lowest BCUT2D eigenvalue weighted by Crippen LogP contribution is -2.31. The third-order valence-corrected chi connectivity index (χ3v) is 3.48. The van der Waals surface area contributed by atoms with E-state index in [0.717, 1.165) is 29.7 Å². The first-order chi connectivity index (χ1) is 10.2. The molecule has 1 aromatic carbocycles. The number of carbonyl (C=O) groups excluding carboxylic acids is 1. The quantitative estimate of drug-likeness (QED) is 0.718. The summed E-state index contributed by atoms with van der Waals surface area (Å²) in [6.45, 7) is 4.47. The van der Waals surface area contributed by atoms with Crippen LogP contribution in [-0.2, 0) is 0 Å². The zero-order chi connectivity index (χ0) is 15.1. The number of amides is 1. The molecular formula is C15H20BrClN4O. The molecule has 2 aromatic rings. The van der Waals surface area contributed by atoms with Gasteiger partial charge in [0.25, 0.3) is 5.91 Å². The Labute approximate surface area is 145 Å². The summed E-state index contributed by atoms with van der Waals surface area (Å²) in [5.41, 5.74) is 1.48. The van der Waals surface area contributed by atoms with Gasteiger partial charge in [-0.2, -0.15) is 5.10 Å². The van der Waals surface area contributed by atoms with E-state index < -0.39 is 0 Å². The summed E-state index contributed by atoms with van der Waals surface area (Å²) in [5.74, 6) is -0.100. The van der Waals surface area contributed by atoms with Gasteiger partial charge >= 0.3 is 0 Å². The number of halogens is 2. The monoisotopic (exact) mass is 386 g/mol. The summed E-state index contributed by atoms with van der Waals surface area (Å²) in [5, 5.41) is 10.3. The molecule has 0 bridgehead atoms. The Kier molecular flexibility index (Phi) is 8.16. The van der Waals surface area contributed by atoms with Crippen molar-refractivity contribution >= 4 is 34.2 Å². The summed E-state index contributed by atoms with van der Waals surface area (Å²) >= 11 is 3.39. The van der Waals surface area contributed by atoms with E-state index in [4.69, 9.17) is 0 Å². The van der Waals surface area contributed by atoms with Gasteiger partial charge in [-0.3, -0.25) is 4.79 Å². The van der Waals surface area contributed by atoms with Crippen molar-refractivity contribution in [1.82, 2.24) is 20.4 Å². The van der Waals surface area contributed by atoms with E-state index in [9.17, 15) is 4.79 Å².